The normalized spacial score (nSPS) is 18.3. The smallest absolute Gasteiger partial charge is 0.262 e. The van der Waals surface area contributed by atoms with Crippen molar-refractivity contribution < 1.29 is 9.53 Å². The SMILES string of the molecule is COCC(=O)N1CCc2c(sc3ncn(CC4CCCCC4)c(=O)c23)C1. The number of rotatable bonds is 4. The molecule has 1 aliphatic heterocycles. The van der Waals surface area contributed by atoms with Gasteiger partial charge in [0.25, 0.3) is 5.56 Å². The molecule has 26 heavy (non-hydrogen) atoms. The lowest BCUT2D eigenvalue weighted by Crippen LogP contribution is -2.37. The topological polar surface area (TPSA) is 64.4 Å². The molecule has 0 radical (unpaired) electrons. The van der Waals surface area contributed by atoms with Crippen LogP contribution in [0.25, 0.3) is 10.2 Å². The Bertz CT molecular complexity index is 867. The second-order valence-electron chi connectivity index (χ2n) is 7.39. The lowest BCUT2D eigenvalue weighted by Gasteiger charge is -2.26. The molecule has 2 aliphatic rings. The van der Waals surface area contributed by atoms with Crippen LogP contribution in [0.1, 0.15) is 42.5 Å². The maximum Gasteiger partial charge on any atom is 0.262 e. The average Bonchev–Trinajstić information content (AvgIpc) is 3.03. The highest BCUT2D eigenvalue weighted by molar-refractivity contribution is 7.18. The summed E-state index contributed by atoms with van der Waals surface area (Å²) < 4.78 is 6.77. The summed E-state index contributed by atoms with van der Waals surface area (Å²) in [6, 6.07) is 0. The van der Waals surface area contributed by atoms with Gasteiger partial charge in [-0.15, -0.1) is 11.3 Å². The predicted octanol–water partition coefficient (Wildman–Crippen LogP) is 2.57. The van der Waals surface area contributed by atoms with E-state index in [1.54, 1.807) is 17.7 Å². The fourth-order valence-electron chi connectivity index (χ4n) is 4.22. The van der Waals surface area contributed by atoms with E-state index in [1.807, 2.05) is 9.47 Å². The van der Waals surface area contributed by atoms with E-state index in [-0.39, 0.29) is 18.1 Å². The maximum atomic E-state index is 13.1. The molecule has 0 saturated heterocycles. The van der Waals surface area contributed by atoms with Gasteiger partial charge in [-0.25, -0.2) is 4.98 Å². The molecule has 6 nitrogen and oxygen atoms in total. The maximum absolute atomic E-state index is 13.1. The van der Waals surface area contributed by atoms with Gasteiger partial charge in [0.15, 0.2) is 0 Å². The Kier molecular flexibility index (Phi) is 5.09. The van der Waals surface area contributed by atoms with E-state index in [4.69, 9.17) is 4.74 Å². The van der Waals surface area contributed by atoms with Crippen LogP contribution in [0.3, 0.4) is 0 Å². The molecule has 0 bridgehead atoms. The second-order valence-corrected chi connectivity index (χ2v) is 8.47. The molecule has 0 unspecified atom stereocenters. The van der Waals surface area contributed by atoms with Crippen molar-refractivity contribution in [2.75, 3.05) is 20.3 Å². The molecule has 7 heteroatoms. The summed E-state index contributed by atoms with van der Waals surface area (Å²) in [5, 5.41) is 0.780. The number of carbonyl (C=O) groups excluding carboxylic acids is 1. The summed E-state index contributed by atoms with van der Waals surface area (Å²) in [5.74, 6) is 0.593. The van der Waals surface area contributed by atoms with Gasteiger partial charge in [0.2, 0.25) is 5.91 Å². The van der Waals surface area contributed by atoms with Gasteiger partial charge in [-0.3, -0.25) is 14.2 Å². The van der Waals surface area contributed by atoms with Crippen LogP contribution in [-0.2, 0) is 29.0 Å². The molecule has 0 aromatic carbocycles. The molecule has 0 atom stereocenters. The van der Waals surface area contributed by atoms with Crippen LogP contribution in [0.4, 0.5) is 0 Å². The summed E-state index contributed by atoms with van der Waals surface area (Å²) in [7, 11) is 1.53. The summed E-state index contributed by atoms with van der Waals surface area (Å²) in [4.78, 5) is 33.5. The van der Waals surface area contributed by atoms with Crippen LogP contribution in [-0.4, -0.2) is 40.6 Å². The number of nitrogens with zero attached hydrogens (tertiary/aromatic N) is 3. The van der Waals surface area contributed by atoms with Crippen molar-refractivity contribution in [2.45, 2.75) is 51.6 Å². The molecule has 1 saturated carbocycles. The highest BCUT2D eigenvalue weighted by Gasteiger charge is 2.26. The van der Waals surface area contributed by atoms with E-state index in [0.717, 1.165) is 33.6 Å². The zero-order valence-corrected chi connectivity index (χ0v) is 16.0. The van der Waals surface area contributed by atoms with Crippen LogP contribution < -0.4 is 5.56 Å². The first-order valence-corrected chi connectivity index (χ1v) is 10.3. The molecule has 0 N–H and O–H groups in total. The zero-order chi connectivity index (χ0) is 18.1. The molecular weight excluding hydrogens is 350 g/mol. The largest absolute Gasteiger partial charge is 0.375 e. The fraction of sp³-hybridized carbons (Fsp3) is 0.632. The van der Waals surface area contributed by atoms with Crippen molar-refractivity contribution >= 4 is 27.5 Å². The molecule has 4 rings (SSSR count). The highest BCUT2D eigenvalue weighted by Crippen LogP contribution is 2.32. The number of amides is 1. The summed E-state index contributed by atoms with van der Waals surface area (Å²) >= 11 is 1.55. The third kappa shape index (κ3) is 3.30. The third-order valence-corrected chi connectivity index (χ3v) is 6.75. The Hall–Kier alpha value is -1.73. The summed E-state index contributed by atoms with van der Waals surface area (Å²) in [6.07, 6.45) is 8.72. The Morgan fingerprint density at radius 2 is 2.15 bits per heavy atom. The average molecular weight is 375 g/mol. The number of hydrogen-bond acceptors (Lipinski definition) is 5. The van der Waals surface area contributed by atoms with Crippen LogP contribution in [0, 0.1) is 5.92 Å². The van der Waals surface area contributed by atoms with Crippen molar-refractivity contribution in [1.29, 1.82) is 0 Å². The van der Waals surface area contributed by atoms with Gasteiger partial charge in [0.1, 0.15) is 11.4 Å². The molecule has 140 valence electrons. The lowest BCUT2D eigenvalue weighted by molar-refractivity contribution is -0.136. The van der Waals surface area contributed by atoms with Gasteiger partial charge in [0, 0.05) is 25.1 Å². The van der Waals surface area contributed by atoms with Crippen LogP contribution in [0.5, 0.6) is 0 Å². The molecule has 1 aliphatic carbocycles. The number of ether oxygens (including phenoxy) is 1. The van der Waals surface area contributed by atoms with Crippen LogP contribution >= 0.6 is 11.3 Å². The summed E-state index contributed by atoms with van der Waals surface area (Å²) in [5.41, 5.74) is 1.19. The molecule has 0 spiro atoms. The van der Waals surface area contributed by atoms with E-state index in [2.05, 4.69) is 4.98 Å². The first-order valence-electron chi connectivity index (χ1n) is 9.43. The molecule has 1 amide bonds. The number of methoxy groups -OCH3 is 1. The Balaban J connectivity index is 1.62. The van der Waals surface area contributed by atoms with E-state index in [0.29, 0.717) is 19.0 Å². The van der Waals surface area contributed by atoms with Crippen molar-refractivity contribution in [3.05, 3.63) is 27.1 Å². The zero-order valence-electron chi connectivity index (χ0n) is 15.2. The lowest BCUT2D eigenvalue weighted by atomic mass is 9.89. The van der Waals surface area contributed by atoms with Gasteiger partial charge in [0.05, 0.1) is 18.3 Å². The highest BCUT2D eigenvalue weighted by atomic mass is 32.1. The quantitative estimate of drug-likeness (QED) is 0.824. The first kappa shape index (κ1) is 17.7. The number of carbonyl (C=O) groups is 1. The molecule has 1 fully saturated rings. The first-order chi connectivity index (χ1) is 12.7. The minimum atomic E-state index is -0.00160. The Morgan fingerprint density at radius 1 is 1.35 bits per heavy atom. The molecule has 2 aromatic heterocycles. The van der Waals surface area contributed by atoms with Crippen LogP contribution in [0.2, 0.25) is 0 Å². The van der Waals surface area contributed by atoms with E-state index < -0.39 is 0 Å². The third-order valence-electron chi connectivity index (χ3n) is 5.63. The standard InChI is InChI=1S/C19H25N3O3S/c1-25-11-16(23)21-8-7-14-15(10-21)26-18-17(14)19(24)22(12-20-18)9-13-5-3-2-4-6-13/h12-13H,2-11H2,1H3. The van der Waals surface area contributed by atoms with Gasteiger partial charge < -0.3 is 9.64 Å². The van der Waals surface area contributed by atoms with E-state index in [1.165, 1.54) is 39.2 Å². The van der Waals surface area contributed by atoms with Gasteiger partial charge in [-0.2, -0.15) is 0 Å². The van der Waals surface area contributed by atoms with Gasteiger partial charge >= 0.3 is 0 Å². The Morgan fingerprint density at radius 3 is 2.92 bits per heavy atom. The van der Waals surface area contributed by atoms with Crippen LogP contribution in [0.15, 0.2) is 11.1 Å². The van der Waals surface area contributed by atoms with Crippen molar-refractivity contribution in [3.63, 3.8) is 0 Å². The van der Waals surface area contributed by atoms with Gasteiger partial charge in [-0.1, -0.05) is 19.3 Å². The number of aromatic nitrogens is 2. The number of hydrogen-bond donors (Lipinski definition) is 0. The van der Waals surface area contributed by atoms with Gasteiger partial charge in [-0.05, 0) is 30.7 Å². The minimum Gasteiger partial charge on any atom is -0.375 e. The number of fused-ring (bicyclic) bond motifs is 3. The fourth-order valence-corrected chi connectivity index (χ4v) is 5.42. The van der Waals surface area contributed by atoms with E-state index >= 15 is 0 Å². The van der Waals surface area contributed by atoms with E-state index in [9.17, 15) is 9.59 Å². The Labute approximate surface area is 156 Å². The van der Waals surface area contributed by atoms with Crippen molar-refractivity contribution in [3.8, 4) is 0 Å². The summed E-state index contributed by atoms with van der Waals surface area (Å²) in [6.45, 7) is 2.08. The predicted molar refractivity (Wildman–Crippen MR) is 101 cm³/mol. The molecule has 2 aromatic rings. The minimum absolute atomic E-state index is 0.00160. The molecular formula is C19H25N3O3S. The monoisotopic (exact) mass is 375 g/mol. The second kappa shape index (κ2) is 7.48. The number of thiophene rings is 1. The van der Waals surface area contributed by atoms with Crippen molar-refractivity contribution in [1.82, 2.24) is 14.5 Å². The van der Waals surface area contributed by atoms with Crippen molar-refractivity contribution in [2.24, 2.45) is 5.92 Å². The molecule has 3 heterocycles.